The molecule has 1 N–H and O–H groups in total. The SMILES string of the molecule is COc1ccc(/C=C2/SC(=S)N(C(CCSC)C(=O)O)C2=O)cc1OC. The lowest BCUT2D eigenvalue weighted by Gasteiger charge is -2.22. The van der Waals surface area contributed by atoms with Crippen LogP contribution in [0, 0.1) is 0 Å². The summed E-state index contributed by atoms with van der Waals surface area (Å²) < 4.78 is 10.7. The second-order valence-electron chi connectivity index (χ2n) is 5.30. The van der Waals surface area contributed by atoms with Crippen molar-refractivity contribution >= 4 is 58.0 Å². The minimum absolute atomic E-state index is 0.259. The number of benzene rings is 1. The van der Waals surface area contributed by atoms with Gasteiger partial charge in [0.15, 0.2) is 11.5 Å². The maximum atomic E-state index is 12.7. The summed E-state index contributed by atoms with van der Waals surface area (Å²) in [5, 5.41) is 9.48. The van der Waals surface area contributed by atoms with Gasteiger partial charge in [-0.3, -0.25) is 9.69 Å². The van der Waals surface area contributed by atoms with E-state index < -0.39 is 12.0 Å². The first-order valence-corrected chi connectivity index (χ1v) is 10.3. The van der Waals surface area contributed by atoms with Gasteiger partial charge in [0.05, 0.1) is 19.1 Å². The van der Waals surface area contributed by atoms with Crippen molar-refractivity contribution in [3.8, 4) is 11.5 Å². The molecule has 1 unspecified atom stereocenters. The third-order valence-electron chi connectivity index (χ3n) is 3.72. The van der Waals surface area contributed by atoms with Crippen LogP contribution in [0.4, 0.5) is 0 Å². The Hall–Kier alpha value is -1.71. The van der Waals surface area contributed by atoms with E-state index in [1.807, 2.05) is 6.26 Å². The molecule has 0 aliphatic carbocycles. The Kier molecular flexibility index (Phi) is 7.36. The van der Waals surface area contributed by atoms with Crippen molar-refractivity contribution in [3.05, 3.63) is 28.7 Å². The number of hydrogen-bond acceptors (Lipinski definition) is 7. The molecule has 1 aromatic rings. The zero-order valence-corrected chi connectivity index (χ0v) is 17.0. The van der Waals surface area contributed by atoms with Crippen molar-refractivity contribution < 1.29 is 24.2 Å². The van der Waals surface area contributed by atoms with E-state index in [1.165, 1.54) is 23.8 Å². The number of nitrogens with zero attached hydrogens (tertiary/aromatic N) is 1. The second kappa shape index (κ2) is 9.29. The highest BCUT2D eigenvalue weighted by atomic mass is 32.2. The zero-order valence-electron chi connectivity index (χ0n) is 14.6. The van der Waals surface area contributed by atoms with Gasteiger partial charge in [0, 0.05) is 0 Å². The van der Waals surface area contributed by atoms with E-state index in [1.54, 1.807) is 31.4 Å². The van der Waals surface area contributed by atoms with Crippen LogP contribution in [-0.2, 0) is 9.59 Å². The van der Waals surface area contributed by atoms with Crippen LogP contribution in [0.3, 0.4) is 0 Å². The van der Waals surface area contributed by atoms with Gasteiger partial charge in [-0.1, -0.05) is 30.0 Å². The predicted octanol–water partition coefficient (Wildman–Crippen LogP) is 3.11. The monoisotopic (exact) mass is 413 g/mol. The van der Waals surface area contributed by atoms with E-state index >= 15 is 0 Å². The third kappa shape index (κ3) is 4.52. The molecule has 140 valence electrons. The lowest BCUT2D eigenvalue weighted by atomic mass is 10.1. The fraction of sp³-hybridized carbons (Fsp3) is 0.353. The van der Waals surface area contributed by atoms with Gasteiger partial charge in [0.2, 0.25) is 0 Å². The number of carbonyl (C=O) groups is 2. The van der Waals surface area contributed by atoms with Gasteiger partial charge in [-0.15, -0.1) is 0 Å². The number of carboxylic acid groups (broad SMARTS) is 1. The molecule has 1 atom stereocenters. The van der Waals surface area contributed by atoms with Gasteiger partial charge in [-0.2, -0.15) is 11.8 Å². The minimum Gasteiger partial charge on any atom is -0.493 e. The van der Waals surface area contributed by atoms with E-state index in [9.17, 15) is 14.7 Å². The summed E-state index contributed by atoms with van der Waals surface area (Å²) in [5.74, 6) is 0.314. The summed E-state index contributed by atoms with van der Waals surface area (Å²) in [6.07, 6.45) is 3.90. The lowest BCUT2D eigenvalue weighted by Crippen LogP contribution is -2.44. The Labute approximate surface area is 165 Å². The number of thioether (sulfide) groups is 2. The Morgan fingerprint density at radius 2 is 2.08 bits per heavy atom. The number of amides is 1. The van der Waals surface area contributed by atoms with Gasteiger partial charge < -0.3 is 14.6 Å². The molecule has 1 aromatic carbocycles. The zero-order chi connectivity index (χ0) is 19.3. The smallest absolute Gasteiger partial charge is 0.326 e. The highest BCUT2D eigenvalue weighted by Crippen LogP contribution is 2.36. The highest BCUT2D eigenvalue weighted by Gasteiger charge is 2.40. The summed E-state index contributed by atoms with van der Waals surface area (Å²) in [5.41, 5.74) is 0.735. The average molecular weight is 414 g/mol. The molecule has 9 heteroatoms. The van der Waals surface area contributed by atoms with Crippen LogP contribution in [0.25, 0.3) is 6.08 Å². The number of rotatable bonds is 8. The van der Waals surface area contributed by atoms with E-state index in [0.29, 0.717) is 28.6 Å². The van der Waals surface area contributed by atoms with Crippen LogP contribution < -0.4 is 9.47 Å². The molecule has 0 bridgehead atoms. The topological polar surface area (TPSA) is 76.1 Å². The molecule has 1 fully saturated rings. The van der Waals surface area contributed by atoms with Crippen molar-refractivity contribution in [2.45, 2.75) is 12.5 Å². The molecule has 26 heavy (non-hydrogen) atoms. The number of aliphatic carboxylic acids is 1. The van der Waals surface area contributed by atoms with E-state index in [2.05, 4.69) is 0 Å². The van der Waals surface area contributed by atoms with E-state index in [0.717, 1.165) is 17.3 Å². The molecule has 1 aliphatic rings. The number of hydrogen-bond donors (Lipinski definition) is 1. The Morgan fingerprint density at radius 3 is 2.65 bits per heavy atom. The molecule has 6 nitrogen and oxygen atoms in total. The highest BCUT2D eigenvalue weighted by molar-refractivity contribution is 8.26. The van der Waals surface area contributed by atoms with Gasteiger partial charge >= 0.3 is 5.97 Å². The summed E-state index contributed by atoms with van der Waals surface area (Å²) in [6, 6.07) is 4.32. The largest absolute Gasteiger partial charge is 0.493 e. The third-order valence-corrected chi connectivity index (χ3v) is 5.70. The van der Waals surface area contributed by atoms with Gasteiger partial charge in [0.25, 0.3) is 5.91 Å². The molecule has 2 rings (SSSR count). The standard InChI is InChI=1S/C17H19NO5S3/c1-22-12-5-4-10(8-13(12)23-2)9-14-15(19)18(17(24)26-14)11(16(20)21)6-7-25-3/h4-5,8-9,11H,6-7H2,1-3H3,(H,20,21)/b14-9+. The van der Waals surface area contributed by atoms with Crippen molar-refractivity contribution in [1.29, 1.82) is 0 Å². The first-order valence-electron chi connectivity index (χ1n) is 7.63. The van der Waals surface area contributed by atoms with Crippen LogP contribution in [0.2, 0.25) is 0 Å². The summed E-state index contributed by atoms with van der Waals surface area (Å²) in [4.78, 5) is 25.9. The molecule has 1 saturated heterocycles. The molecule has 0 saturated carbocycles. The number of carboxylic acids is 1. The first-order chi connectivity index (χ1) is 12.4. The lowest BCUT2D eigenvalue weighted by molar-refractivity contribution is -0.145. The molecule has 1 aliphatic heterocycles. The second-order valence-corrected chi connectivity index (χ2v) is 7.96. The van der Waals surface area contributed by atoms with Crippen molar-refractivity contribution in [3.63, 3.8) is 0 Å². The molecule has 0 aromatic heterocycles. The minimum atomic E-state index is -1.05. The van der Waals surface area contributed by atoms with Crippen molar-refractivity contribution in [2.24, 2.45) is 0 Å². The van der Waals surface area contributed by atoms with Crippen LogP contribution >= 0.6 is 35.7 Å². The summed E-state index contributed by atoms with van der Waals surface area (Å²) in [7, 11) is 3.08. The van der Waals surface area contributed by atoms with Crippen LogP contribution in [0.5, 0.6) is 11.5 Å². The van der Waals surface area contributed by atoms with Gasteiger partial charge in [-0.25, -0.2) is 4.79 Å². The average Bonchev–Trinajstić information content (AvgIpc) is 2.89. The molecule has 0 spiro atoms. The quantitative estimate of drug-likeness (QED) is 0.515. The molecule has 1 heterocycles. The number of carbonyl (C=O) groups excluding carboxylic acids is 1. The number of thiocarbonyl (C=S) groups is 1. The van der Waals surface area contributed by atoms with Crippen molar-refractivity contribution in [1.82, 2.24) is 4.90 Å². The Bertz CT molecular complexity index is 750. The Balaban J connectivity index is 2.29. The summed E-state index contributed by atoms with van der Waals surface area (Å²) >= 11 is 7.89. The van der Waals surface area contributed by atoms with Crippen LogP contribution in [-0.4, -0.2) is 58.5 Å². The molecule has 1 amide bonds. The number of methoxy groups -OCH3 is 2. The van der Waals surface area contributed by atoms with Crippen LogP contribution in [0.15, 0.2) is 23.1 Å². The predicted molar refractivity (Wildman–Crippen MR) is 109 cm³/mol. The maximum Gasteiger partial charge on any atom is 0.326 e. The van der Waals surface area contributed by atoms with E-state index in [4.69, 9.17) is 21.7 Å². The fourth-order valence-electron chi connectivity index (χ4n) is 2.43. The van der Waals surface area contributed by atoms with Gasteiger partial charge in [0.1, 0.15) is 10.4 Å². The Morgan fingerprint density at radius 1 is 1.38 bits per heavy atom. The van der Waals surface area contributed by atoms with Crippen molar-refractivity contribution in [2.75, 3.05) is 26.2 Å². The molecular weight excluding hydrogens is 394 g/mol. The molecule has 0 radical (unpaired) electrons. The number of ether oxygens (including phenoxy) is 2. The first kappa shape index (κ1) is 20.6. The van der Waals surface area contributed by atoms with Gasteiger partial charge in [-0.05, 0) is 42.2 Å². The van der Waals surface area contributed by atoms with Crippen LogP contribution in [0.1, 0.15) is 12.0 Å². The maximum absolute atomic E-state index is 12.7. The normalized spacial score (nSPS) is 16.9. The fourth-order valence-corrected chi connectivity index (χ4v) is 4.25. The van der Waals surface area contributed by atoms with E-state index in [-0.39, 0.29) is 10.2 Å². The molecular formula is C17H19NO5S3. The summed E-state index contributed by atoms with van der Waals surface area (Å²) in [6.45, 7) is 0.